The summed E-state index contributed by atoms with van der Waals surface area (Å²) in [6.07, 6.45) is 51.7. The fourth-order valence-corrected chi connectivity index (χ4v) is 7.24. The molecule has 0 fully saturated rings. The average Bonchev–Trinajstić information content (AvgIpc) is 3.06. The summed E-state index contributed by atoms with van der Waals surface area (Å²) in [5.74, 6) is -0.895. The fraction of sp³-hybridized carbons (Fsp3) is 0.977. The first-order valence-corrected chi connectivity index (χ1v) is 22.1. The van der Waals surface area contributed by atoms with Gasteiger partial charge < -0.3 is 14.8 Å². The molecule has 0 unspecified atom stereocenters. The van der Waals surface area contributed by atoms with Gasteiger partial charge in [0.15, 0.2) is 0 Å². The van der Waals surface area contributed by atoms with E-state index in [-0.39, 0.29) is 36.0 Å². The number of hydrogen-bond donors (Lipinski definition) is 0. The minimum absolute atomic E-state index is 0. The Kier molecular flexibility index (Phi) is 47.9. The van der Waals surface area contributed by atoms with Crippen molar-refractivity contribution < 1.29 is 39.5 Å². The summed E-state index contributed by atoms with van der Waals surface area (Å²) in [6, 6.07) is 0. The van der Waals surface area contributed by atoms with E-state index in [0.717, 1.165) is 25.8 Å². The molecule has 0 aliphatic carbocycles. The van der Waals surface area contributed by atoms with Crippen molar-refractivity contribution in [2.24, 2.45) is 0 Å². The van der Waals surface area contributed by atoms with Crippen LogP contribution in [-0.2, 0) is 4.79 Å². The Labute approximate surface area is 326 Å². The Morgan fingerprint density at radius 2 is 0.521 bits per heavy atom. The van der Waals surface area contributed by atoms with Gasteiger partial charge in [-0.1, -0.05) is 226 Å². The molecule has 0 radical (unpaired) electrons. The van der Waals surface area contributed by atoms with Crippen molar-refractivity contribution in [1.82, 2.24) is 4.90 Å². The van der Waals surface area contributed by atoms with E-state index in [4.69, 9.17) is 0 Å². The zero-order chi connectivity index (χ0) is 34.1. The quantitative estimate of drug-likeness (QED) is 0.0474. The first-order chi connectivity index (χ1) is 23.2. The molecular formula is C44H88NNaO2. The summed E-state index contributed by atoms with van der Waals surface area (Å²) in [6.45, 7) is 8.21. The number of carboxylic acid groups (broad SMARTS) is 1. The maximum absolute atomic E-state index is 10.7. The molecule has 0 saturated carbocycles. The van der Waals surface area contributed by atoms with Crippen LogP contribution in [0.25, 0.3) is 0 Å². The van der Waals surface area contributed by atoms with Crippen molar-refractivity contribution in [1.29, 1.82) is 0 Å². The summed E-state index contributed by atoms with van der Waals surface area (Å²) in [4.78, 5) is 13.4. The smallest absolute Gasteiger partial charge is 0.550 e. The van der Waals surface area contributed by atoms with E-state index in [1.165, 1.54) is 231 Å². The van der Waals surface area contributed by atoms with Gasteiger partial charge in [0, 0.05) is 5.97 Å². The number of carboxylic acids is 1. The average molecular weight is 686 g/mol. The molecule has 0 atom stereocenters. The summed E-state index contributed by atoms with van der Waals surface area (Å²) in [5, 5.41) is 10.7. The second-order valence-electron chi connectivity index (χ2n) is 15.3. The minimum Gasteiger partial charge on any atom is -0.550 e. The number of rotatable bonds is 42. The molecule has 0 aromatic carbocycles. The van der Waals surface area contributed by atoms with Crippen molar-refractivity contribution in [3.05, 3.63) is 0 Å². The zero-order valence-electron chi connectivity index (χ0n) is 33.8. The molecule has 0 rings (SSSR count). The molecule has 4 heteroatoms. The van der Waals surface area contributed by atoms with Crippen LogP contribution in [-0.4, -0.2) is 30.5 Å². The van der Waals surface area contributed by atoms with Gasteiger partial charge in [-0.3, -0.25) is 0 Å². The van der Waals surface area contributed by atoms with Gasteiger partial charge in [0.05, 0.1) is 0 Å². The first-order valence-electron chi connectivity index (χ1n) is 22.1. The predicted molar refractivity (Wildman–Crippen MR) is 208 cm³/mol. The third kappa shape index (κ3) is 44.5. The van der Waals surface area contributed by atoms with Crippen LogP contribution in [0.15, 0.2) is 0 Å². The third-order valence-corrected chi connectivity index (χ3v) is 10.5. The molecular weight excluding hydrogens is 597 g/mol. The summed E-state index contributed by atoms with van der Waals surface area (Å²) >= 11 is 0. The van der Waals surface area contributed by atoms with Crippen molar-refractivity contribution >= 4 is 5.97 Å². The first kappa shape index (κ1) is 50.5. The van der Waals surface area contributed by atoms with Crippen LogP contribution in [0.4, 0.5) is 0 Å². The largest absolute Gasteiger partial charge is 1.00 e. The van der Waals surface area contributed by atoms with Gasteiger partial charge in [0.25, 0.3) is 0 Å². The Bertz CT molecular complexity index is 548. The van der Waals surface area contributed by atoms with Crippen LogP contribution in [0.3, 0.4) is 0 Å². The van der Waals surface area contributed by atoms with Gasteiger partial charge in [-0.05, 0) is 51.7 Å². The van der Waals surface area contributed by atoms with Crippen LogP contribution in [0, 0.1) is 0 Å². The van der Waals surface area contributed by atoms with Gasteiger partial charge in [-0.2, -0.15) is 0 Å². The normalized spacial score (nSPS) is 11.4. The Balaban J connectivity index is 0. The number of carbonyl (C=O) groups is 1. The molecule has 0 aromatic heterocycles. The van der Waals surface area contributed by atoms with E-state index in [2.05, 4.69) is 18.7 Å². The number of hydrogen-bond acceptors (Lipinski definition) is 3. The number of carbonyl (C=O) groups excluding carboxylic acids is 1. The molecule has 282 valence electrons. The van der Waals surface area contributed by atoms with E-state index in [1.54, 1.807) is 0 Å². The molecule has 0 saturated heterocycles. The molecule has 0 spiro atoms. The van der Waals surface area contributed by atoms with E-state index in [1.807, 2.05) is 0 Å². The molecule has 0 heterocycles. The summed E-state index contributed by atoms with van der Waals surface area (Å²) < 4.78 is 0. The molecule has 0 N–H and O–H groups in total. The molecule has 0 aliphatic heterocycles. The van der Waals surface area contributed by atoms with Crippen LogP contribution >= 0.6 is 0 Å². The third-order valence-electron chi connectivity index (χ3n) is 10.5. The van der Waals surface area contributed by atoms with E-state index < -0.39 is 5.97 Å². The van der Waals surface area contributed by atoms with Crippen molar-refractivity contribution in [2.75, 3.05) is 19.6 Å². The topological polar surface area (TPSA) is 43.4 Å². The molecule has 0 aromatic rings. The van der Waals surface area contributed by atoms with Crippen molar-refractivity contribution in [3.8, 4) is 0 Å². The maximum atomic E-state index is 10.7. The maximum Gasteiger partial charge on any atom is 1.00 e. The van der Waals surface area contributed by atoms with Crippen LogP contribution < -0.4 is 34.7 Å². The standard InChI is InChI=1S/C44H89NO2.Na/c1-3-5-7-9-11-13-15-17-19-21-23-25-27-29-31-33-37-41-45(43-39-35-36-40-44(46)47)42-38-34-32-30-28-26-24-22-20-18-16-14-12-10-8-6-4-2;/h3-43H2,1-2H3,(H,46,47);/q;+1/p-1. The Morgan fingerprint density at radius 3 is 0.729 bits per heavy atom. The Hall–Kier alpha value is 0.430. The van der Waals surface area contributed by atoms with E-state index in [0.29, 0.717) is 0 Å². The van der Waals surface area contributed by atoms with Gasteiger partial charge in [-0.25, -0.2) is 0 Å². The molecule has 0 amide bonds. The van der Waals surface area contributed by atoms with E-state index in [9.17, 15) is 9.90 Å². The van der Waals surface area contributed by atoms with Gasteiger partial charge in [0.2, 0.25) is 0 Å². The van der Waals surface area contributed by atoms with Gasteiger partial charge in [0.1, 0.15) is 0 Å². The SMILES string of the molecule is CCCCCCCCCCCCCCCCCCCN(CCCCCCCCCCCCCCCCCCC)CCCCCC(=O)[O-].[Na+]. The second kappa shape index (κ2) is 45.5. The predicted octanol–water partition coefficient (Wildman–Crippen LogP) is 10.9. The number of aliphatic carboxylic acids is 1. The summed E-state index contributed by atoms with van der Waals surface area (Å²) in [7, 11) is 0. The monoisotopic (exact) mass is 686 g/mol. The summed E-state index contributed by atoms with van der Waals surface area (Å²) in [5.41, 5.74) is 0. The van der Waals surface area contributed by atoms with Crippen molar-refractivity contribution in [2.45, 2.75) is 258 Å². The number of nitrogens with zero attached hydrogens (tertiary/aromatic N) is 1. The molecule has 48 heavy (non-hydrogen) atoms. The minimum atomic E-state index is -0.895. The van der Waals surface area contributed by atoms with Crippen molar-refractivity contribution in [3.63, 3.8) is 0 Å². The fourth-order valence-electron chi connectivity index (χ4n) is 7.24. The molecule has 3 nitrogen and oxygen atoms in total. The number of unbranched alkanes of at least 4 members (excludes halogenated alkanes) is 34. The second-order valence-corrected chi connectivity index (χ2v) is 15.3. The van der Waals surface area contributed by atoms with E-state index >= 15 is 0 Å². The zero-order valence-corrected chi connectivity index (χ0v) is 35.8. The van der Waals surface area contributed by atoms with Crippen LogP contribution in [0.5, 0.6) is 0 Å². The van der Waals surface area contributed by atoms with Crippen LogP contribution in [0.1, 0.15) is 258 Å². The van der Waals surface area contributed by atoms with Crippen LogP contribution in [0.2, 0.25) is 0 Å². The van der Waals surface area contributed by atoms with Gasteiger partial charge >= 0.3 is 29.6 Å². The van der Waals surface area contributed by atoms with Gasteiger partial charge in [-0.15, -0.1) is 0 Å². The molecule has 0 aliphatic rings. The Morgan fingerprint density at radius 1 is 0.333 bits per heavy atom. The molecule has 0 bridgehead atoms.